The molecule has 28 heavy (non-hydrogen) atoms. The Morgan fingerprint density at radius 3 is 2.79 bits per heavy atom. The molecule has 0 saturated heterocycles. The predicted octanol–water partition coefficient (Wildman–Crippen LogP) is 2.42. The maximum Gasteiger partial charge on any atom is 0.244 e. The van der Waals surface area contributed by atoms with Crippen LogP contribution in [0.5, 0.6) is 0 Å². The number of hydrogen-bond acceptors (Lipinski definition) is 5. The van der Waals surface area contributed by atoms with Crippen LogP contribution in [0.2, 0.25) is 0 Å². The van der Waals surface area contributed by atoms with E-state index in [2.05, 4.69) is 44.8 Å². The standard InChI is InChI=1S/C20H30N6OS/c1-5-21-20(23-12-18-25-17(14-28-18)15(2)3)24-13-19(27)26(4)11-9-16-8-6-7-10-22-16/h6-8,10,14-15H,5,9,11-13H2,1-4H3,(H2,21,23,24). The molecule has 0 saturated carbocycles. The van der Waals surface area contributed by atoms with Gasteiger partial charge in [-0.1, -0.05) is 19.9 Å². The van der Waals surface area contributed by atoms with Crippen molar-refractivity contribution in [2.24, 2.45) is 4.99 Å². The predicted molar refractivity (Wildman–Crippen MR) is 115 cm³/mol. The first kappa shape index (κ1) is 21.8. The number of carbonyl (C=O) groups excluding carboxylic acids is 1. The number of hydrogen-bond donors (Lipinski definition) is 2. The third-order valence-corrected chi connectivity index (χ3v) is 5.01. The van der Waals surface area contributed by atoms with Crippen molar-refractivity contribution in [2.75, 3.05) is 26.7 Å². The van der Waals surface area contributed by atoms with E-state index in [1.807, 2.05) is 25.1 Å². The van der Waals surface area contributed by atoms with Gasteiger partial charge in [0.05, 0.1) is 12.2 Å². The number of nitrogens with zero attached hydrogens (tertiary/aromatic N) is 4. The second kappa shape index (κ2) is 11.4. The first-order valence-electron chi connectivity index (χ1n) is 9.60. The molecule has 0 aliphatic carbocycles. The zero-order valence-electron chi connectivity index (χ0n) is 17.1. The van der Waals surface area contributed by atoms with E-state index in [0.717, 1.165) is 29.4 Å². The minimum Gasteiger partial charge on any atom is -0.357 e. The Morgan fingerprint density at radius 1 is 1.32 bits per heavy atom. The summed E-state index contributed by atoms with van der Waals surface area (Å²) in [4.78, 5) is 27.4. The van der Waals surface area contributed by atoms with Gasteiger partial charge in [0.25, 0.3) is 0 Å². The minimum absolute atomic E-state index is 0.0236. The smallest absolute Gasteiger partial charge is 0.244 e. The number of nitrogens with one attached hydrogen (secondary N) is 2. The monoisotopic (exact) mass is 402 g/mol. The molecule has 8 heteroatoms. The van der Waals surface area contributed by atoms with E-state index in [0.29, 0.717) is 25.0 Å². The van der Waals surface area contributed by atoms with Crippen molar-refractivity contribution in [2.45, 2.75) is 39.7 Å². The first-order valence-corrected chi connectivity index (χ1v) is 10.5. The summed E-state index contributed by atoms with van der Waals surface area (Å²) < 4.78 is 0. The summed E-state index contributed by atoms with van der Waals surface area (Å²) >= 11 is 1.63. The fraction of sp³-hybridized carbons (Fsp3) is 0.500. The van der Waals surface area contributed by atoms with Gasteiger partial charge in [-0.3, -0.25) is 9.78 Å². The van der Waals surface area contributed by atoms with E-state index in [1.165, 1.54) is 0 Å². The molecular formula is C20H30N6OS. The molecule has 0 bridgehead atoms. The Kier molecular flexibility index (Phi) is 8.87. The molecule has 2 heterocycles. The molecule has 2 aromatic heterocycles. The number of amides is 1. The zero-order chi connectivity index (χ0) is 20.4. The molecule has 1 amide bonds. The molecule has 0 unspecified atom stereocenters. The van der Waals surface area contributed by atoms with Crippen molar-refractivity contribution in [3.8, 4) is 0 Å². The summed E-state index contributed by atoms with van der Waals surface area (Å²) in [7, 11) is 1.80. The normalized spacial score (nSPS) is 11.5. The van der Waals surface area contributed by atoms with Gasteiger partial charge in [-0.25, -0.2) is 9.98 Å². The van der Waals surface area contributed by atoms with Crippen LogP contribution < -0.4 is 10.6 Å². The lowest BCUT2D eigenvalue weighted by molar-refractivity contribution is -0.128. The highest BCUT2D eigenvalue weighted by Gasteiger charge is 2.10. The highest BCUT2D eigenvalue weighted by Crippen LogP contribution is 2.17. The molecule has 0 aromatic carbocycles. The number of aliphatic imine (C=N–C) groups is 1. The molecule has 7 nitrogen and oxygen atoms in total. The number of pyridine rings is 1. The molecule has 0 spiro atoms. The third kappa shape index (κ3) is 7.26. The van der Waals surface area contributed by atoms with Crippen LogP contribution in [0.4, 0.5) is 0 Å². The lowest BCUT2D eigenvalue weighted by Crippen LogP contribution is -2.38. The molecule has 2 N–H and O–H groups in total. The Hall–Kier alpha value is -2.48. The number of carbonyl (C=O) groups is 1. The topological polar surface area (TPSA) is 82.5 Å². The van der Waals surface area contributed by atoms with Gasteiger partial charge >= 0.3 is 0 Å². The lowest BCUT2D eigenvalue weighted by Gasteiger charge is -2.16. The average Bonchev–Trinajstić information content (AvgIpc) is 3.18. The van der Waals surface area contributed by atoms with Gasteiger partial charge < -0.3 is 15.5 Å². The average molecular weight is 403 g/mol. The van der Waals surface area contributed by atoms with Crippen molar-refractivity contribution >= 4 is 23.2 Å². The summed E-state index contributed by atoms with van der Waals surface area (Å²) in [6.45, 7) is 8.30. The van der Waals surface area contributed by atoms with Crippen molar-refractivity contribution in [1.82, 2.24) is 25.5 Å². The molecule has 0 radical (unpaired) electrons. The third-order valence-electron chi connectivity index (χ3n) is 4.14. The van der Waals surface area contributed by atoms with Gasteiger partial charge in [0.2, 0.25) is 5.91 Å². The van der Waals surface area contributed by atoms with Gasteiger partial charge in [-0.2, -0.15) is 0 Å². The van der Waals surface area contributed by atoms with Crippen molar-refractivity contribution < 1.29 is 4.79 Å². The maximum absolute atomic E-state index is 12.4. The van der Waals surface area contributed by atoms with Crippen LogP contribution in [0.15, 0.2) is 34.8 Å². The first-order chi connectivity index (χ1) is 13.5. The summed E-state index contributed by atoms with van der Waals surface area (Å²) in [6, 6.07) is 5.81. The Bertz CT molecular complexity index is 759. The van der Waals surface area contributed by atoms with E-state index in [9.17, 15) is 4.79 Å². The van der Waals surface area contributed by atoms with Crippen LogP contribution in [0, 0.1) is 0 Å². The molecule has 0 aliphatic heterocycles. The fourth-order valence-electron chi connectivity index (χ4n) is 2.39. The zero-order valence-corrected chi connectivity index (χ0v) is 17.9. The quantitative estimate of drug-likeness (QED) is 0.497. The van der Waals surface area contributed by atoms with Crippen LogP contribution in [0.25, 0.3) is 0 Å². The van der Waals surface area contributed by atoms with Gasteiger partial charge in [0.15, 0.2) is 5.96 Å². The van der Waals surface area contributed by atoms with E-state index in [-0.39, 0.29) is 12.5 Å². The van der Waals surface area contributed by atoms with Crippen molar-refractivity contribution in [1.29, 1.82) is 0 Å². The van der Waals surface area contributed by atoms with Crippen LogP contribution in [0.3, 0.4) is 0 Å². The van der Waals surface area contributed by atoms with Crippen molar-refractivity contribution in [3.63, 3.8) is 0 Å². The summed E-state index contributed by atoms with van der Waals surface area (Å²) in [5.41, 5.74) is 2.08. The Labute approximate surface area is 171 Å². The molecule has 2 aromatic rings. The highest BCUT2D eigenvalue weighted by molar-refractivity contribution is 7.09. The second-order valence-corrected chi connectivity index (χ2v) is 7.70. The van der Waals surface area contributed by atoms with E-state index < -0.39 is 0 Å². The number of thiazole rings is 1. The molecule has 152 valence electrons. The summed E-state index contributed by atoms with van der Waals surface area (Å²) in [5, 5.41) is 9.51. The van der Waals surface area contributed by atoms with Gasteiger partial charge in [0, 0.05) is 43.8 Å². The number of guanidine groups is 1. The van der Waals surface area contributed by atoms with E-state index in [4.69, 9.17) is 0 Å². The molecule has 0 aliphatic rings. The lowest BCUT2D eigenvalue weighted by atomic mass is 10.2. The van der Waals surface area contributed by atoms with Crippen LogP contribution >= 0.6 is 11.3 Å². The molecule has 0 atom stereocenters. The summed E-state index contributed by atoms with van der Waals surface area (Å²) in [6.07, 6.45) is 2.50. The van der Waals surface area contributed by atoms with Gasteiger partial charge in [-0.05, 0) is 25.0 Å². The van der Waals surface area contributed by atoms with E-state index in [1.54, 1.807) is 29.5 Å². The largest absolute Gasteiger partial charge is 0.357 e. The fourth-order valence-corrected chi connectivity index (χ4v) is 3.29. The van der Waals surface area contributed by atoms with Gasteiger partial charge in [-0.15, -0.1) is 11.3 Å². The Morgan fingerprint density at radius 2 is 2.14 bits per heavy atom. The SMILES string of the molecule is CCNC(=NCC(=O)N(C)CCc1ccccn1)NCc1nc(C(C)C)cs1. The number of aromatic nitrogens is 2. The van der Waals surface area contributed by atoms with E-state index >= 15 is 0 Å². The number of rotatable bonds is 9. The van der Waals surface area contributed by atoms with Crippen LogP contribution in [0.1, 0.15) is 43.1 Å². The Balaban J connectivity index is 1.83. The minimum atomic E-state index is -0.0236. The number of likely N-dealkylation sites (N-methyl/N-ethyl adjacent to an activating group) is 1. The molecular weight excluding hydrogens is 372 g/mol. The van der Waals surface area contributed by atoms with Gasteiger partial charge in [0.1, 0.15) is 11.6 Å². The van der Waals surface area contributed by atoms with Crippen LogP contribution in [-0.2, 0) is 17.8 Å². The second-order valence-electron chi connectivity index (χ2n) is 6.76. The van der Waals surface area contributed by atoms with Crippen molar-refractivity contribution in [3.05, 3.63) is 46.2 Å². The van der Waals surface area contributed by atoms with Crippen LogP contribution in [-0.4, -0.2) is 53.4 Å². The summed E-state index contributed by atoms with van der Waals surface area (Å²) in [5.74, 6) is 1.02. The molecule has 2 rings (SSSR count). The molecule has 0 fully saturated rings. The maximum atomic E-state index is 12.4. The highest BCUT2D eigenvalue weighted by atomic mass is 32.1.